The van der Waals surface area contributed by atoms with Crippen LogP contribution in [0.15, 0.2) is 109 Å². The summed E-state index contributed by atoms with van der Waals surface area (Å²) in [6.45, 7) is 5.56. The van der Waals surface area contributed by atoms with Gasteiger partial charge in [0.2, 0.25) is 0 Å². The van der Waals surface area contributed by atoms with Crippen molar-refractivity contribution in [3.05, 3.63) is 115 Å². The predicted molar refractivity (Wildman–Crippen MR) is 148 cm³/mol. The van der Waals surface area contributed by atoms with Crippen molar-refractivity contribution in [1.29, 1.82) is 0 Å². The Balaban J connectivity index is 0.000000163. The highest BCUT2D eigenvalue weighted by Gasteiger charge is 2.21. The summed E-state index contributed by atoms with van der Waals surface area (Å²) in [4.78, 5) is 20.2. The monoisotopic (exact) mass is 472 g/mol. The fourth-order valence-electron chi connectivity index (χ4n) is 4.15. The van der Waals surface area contributed by atoms with Crippen LogP contribution in [0.1, 0.15) is 31.1 Å². The maximum absolute atomic E-state index is 12.3. The first-order valence-electron chi connectivity index (χ1n) is 12.0. The zero-order valence-corrected chi connectivity index (χ0v) is 20.7. The molecule has 178 valence electrons. The van der Waals surface area contributed by atoms with Gasteiger partial charge in [-0.25, -0.2) is 9.78 Å². The zero-order chi connectivity index (χ0) is 25.1. The summed E-state index contributed by atoms with van der Waals surface area (Å²) in [7, 11) is 0. The molecule has 1 N–H and O–H groups in total. The number of H-pyrrole nitrogens is 1. The predicted octanol–water partition coefficient (Wildman–Crippen LogP) is 8.18. The summed E-state index contributed by atoms with van der Waals surface area (Å²) in [5.41, 5.74) is 2.38. The molecule has 0 spiro atoms. The minimum absolute atomic E-state index is 0.357. The fraction of sp³-hybridized carbons (Fsp3) is 0.125. The summed E-state index contributed by atoms with van der Waals surface area (Å²) in [5, 5.41) is 5.25. The van der Waals surface area contributed by atoms with E-state index in [4.69, 9.17) is 4.74 Å². The maximum Gasteiger partial charge on any atom is 0.340 e. The van der Waals surface area contributed by atoms with E-state index in [1.807, 2.05) is 63.2 Å². The SMILES string of the molecule is CC(C)(C)OC(=O)c1cccc2[nH]c(-c3ccccc3)nc12.c1ccc2cc3ccccc3cc2c1. The third kappa shape index (κ3) is 5.13. The molecule has 0 fully saturated rings. The molecule has 4 nitrogen and oxygen atoms in total. The second-order valence-corrected chi connectivity index (χ2v) is 9.70. The van der Waals surface area contributed by atoms with Crippen LogP contribution >= 0.6 is 0 Å². The average Bonchev–Trinajstić information content (AvgIpc) is 3.32. The average molecular weight is 473 g/mol. The largest absolute Gasteiger partial charge is 0.456 e. The summed E-state index contributed by atoms with van der Waals surface area (Å²) < 4.78 is 5.45. The Hall–Kier alpha value is -4.44. The molecule has 1 heterocycles. The molecule has 0 atom stereocenters. The van der Waals surface area contributed by atoms with Crippen LogP contribution in [0.5, 0.6) is 0 Å². The minimum Gasteiger partial charge on any atom is -0.456 e. The van der Waals surface area contributed by atoms with Crippen LogP contribution in [-0.2, 0) is 4.74 Å². The van der Waals surface area contributed by atoms with Gasteiger partial charge in [-0.2, -0.15) is 0 Å². The van der Waals surface area contributed by atoms with Gasteiger partial charge in [0, 0.05) is 5.56 Å². The lowest BCUT2D eigenvalue weighted by molar-refractivity contribution is 0.00716. The third-order valence-corrected chi connectivity index (χ3v) is 5.79. The molecule has 0 saturated carbocycles. The molecule has 0 bridgehead atoms. The highest BCUT2D eigenvalue weighted by molar-refractivity contribution is 6.02. The number of para-hydroxylation sites is 1. The zero-order valence-electron chi connectivity index (χ0n) is 20.7. The number of nitrogens with one attached hydrogen (secondary N) is 1. The number of carbonyl (C=O) groups excluding carboxylic acids is 1. The molecular weight excluding hydrogens is 444 g/mol. The van der Waals surface area contributed by atoms with Crippen molar-refractivity contribution in [3.63, 3.8) is 0 Å². The molecule has 0 radical (unpaired) electrons. The van der Waals surface area contributed by atoms with Gasteiger partial charge >= 0.3 is 5.97 Å². The first kappa shape index (κ1) is 23.3. The number of benzene rings is 5. The van der Waals surface area contributed by atoms with Crippen LogP contribution in [0, 0.1) is 0 Å². The normalized spacial score (nSPS) is 11.3. The highest BCUT2D eigenvalue weighted by atomic mass is 16.6. The molecule has 5 aromatic carbocycles. The van der Waals surface area contributed by atoms with Crippen LogP contribution in [0.25, 0.3) is 44.0 Å². The molecule has 6 aromatic rings. The Kier molecular flexibility index (Phi) is 6.26. The molecule has 0 saturated heterocycles. The van der Waals surface area contributed by atoms with E-state index in [0.717, 1.165) is 16.9 Å². The Morgan fingerprint density at radius 3 is 1.75 bits per heavy atom. The van der Waals surface area contributed by atoms with Gasteiger partial charge in [0.15, 0.2) is 0 Å². The summed E-state index contributed by atoms with van der Waals surface area (Å²) >= 11 is 0. The Bertz CT molecular complexity index is 1560. The highest BCUT2D eigenvalue weighted by Crippen LogP contribution is 2.25. The van der Waals surface area contributed by atoms with Gasteiger partial charge in [0.1, 0.15) is 16.9 Å². The number of hydrogen-bond donors (Lipinski definition) is 1. The second kappa shape index (κ2) is 9.67. The number of carbonyl (C=O) groups is 1. The van der Waals surface area contributed by atoms with E-state index in [1.165, 1.54) is 21.5 Å². The fourth-order valence-corrected chi connectivity index (χ4v) is 4.15. The molecule has 0 amide bonds. The van der Waals surface area contributed by atoms with E-state index in [1.54, 1.807) is 6.07 Å². The Morgan fingerprint density at radius 1 is 0.694 bits per heavy atom. The van der Waals surface area contributed by atoms with Crippen molar-refractivity contribution in [2.24, 2.45) is 0 Å². The van der Waals surface area contributed by atoms with E-state index in [-0.39, 0.29) is 5.97 Å². The number of aromatic amines is 1. The van der Waals surface area contributed by atoms with E-state index in [9.17, 15) is 4.79 Å². The van der Waals surface area contributed by atoms with E-state index < -0.39 is 5.60 Å². The first-order valence-corrected chi connectivity index (χ1v) is 12.0. The van der Waals surface area contributed by atoms with Gasteiger partial charge in [-0.3, -0.25) is 0 Å². The molecular formula is C32H28N2O2. The minimum atomic E-state index is -0.530. The lowest BCUT2D eigenvalue weighted by Gasteiger charge is -2.19. The molecule has 0 aliphatic rings. The molecule has 1 aromatic heterocycles. The summed E-state index contributed by atoms with van der Waals surface area (Å²) in [6.07, 6.45) is 0. The van der Waals surface area contributed by atoms with E-state index in [2.05, 4.69) is 70.6 Å². The van der Waals surface area contributed by atoms with Crippen LogP contribution in [0.4, 0.5) is 0 Å². The van der Waals surface area contributed by atoms with Crippen molar-refractivity contribution in [2.75, 3.05) is 0 Å². The number of imidazole rings is 1. The Labute approximate surface area is 210 Å². The number of ether oxygens (including phenoxy) is 1. The van der Waals surface area contributed by atoms with Gasteiger partial charge in [-0.1, -0.05) is 84.9 Å². The number of hydrogen-bond acceptors (Lipinski definition) is 3. The lowest BCUT2D eigenvalue weighted by atomic mass is 10.0. The van der Waals surface area contributed by atoms with Crippen molar-refractivity contribution < 1.29 is 9.53 Å². The van der Waals surface area contributed by atoms with E-state index >= 15 is 0 Å². The molecule has 0 unspecified atom stereocenters. The first-order chi connectivity index (χ1) is 17.4. The van der Waals surface area contributed by atoms with Crippen LogP contribution in [-0.4, -0.2) is 21.5 Å². The van der Waals surface area contributed by atoms with Gasteiger partial charge in [0.05, 0.1) is 11.1 Å². The van der Waals surface area contributed by atoms with Gasteiger partial charge in [-0.15, -0.1) is 0 Å². The van der Waals surface area contributed by atoms with Gasteiger partial charge in [-0.05, 0) is 66.6 Å². The van der Waals surface area contributed by atoms with Gasteiger partial charge < -0.3 is 9.72 Å². The topological polar surface area (TPSA) is 55.0 Å². The van der Waals surface area contributed by atoms with Crippen LogP contribution in [0.2, 0.25) is 0 Å². The number of esters is 1. The second-order valence-electron chi connectivity index (χ2n) is 9.70. The quantitative estimate of drug-likeness (QED) is 0.204. The van der Waals surface area contributed by atoms with Crippen LogP contribution in [0.3, 0.4) is 0 Å². The van der Waals surface area contributed by atoms with Crippen molar-refractivity contribution in [3.8, 4) is 11.4 Å². The molecule has 36 heavy (non-hydrogen) atoms. The molecule has 6 rings (SSSR count). The van der Waals surface area contributed by atoms with Gasteiger partial charge in [0.25, 0.3) is 0 Å². The molecule has 0 aliphatic heterocycles. The van der Waals surface area contributed by atoms with Crippen LogP contribution < -0.4 is 0 Å². The summed E-state index contributed by atoms with van der Waals surface area (Å²) in [6, 6.07) is 36.7. The Morgan fingerprint density at radius 2 is 1.22 bits per heavy atom. The smallest absolute Gasteiger partial charge is 0.340 e. The number of nitrogens with zero attached hydrogens (tertiary/aromatic N) is 1. The van der Waals surface area contributed by atoms with Crippen molar-refractivity contribution in [2.45, 2.75) is 26.4 Å². The summed E-state index contributed by atoms with van der Waals surface area (Å²) in [5.74, 6) is 0.385. The molecule has 4 heteroatoms. The standard InChI is InChI=1S/C18H18N2O2.C14H10/c1-18(2,3)22-17(21)13-10-7-11-14-15(13)20-16(19-14)12-8-5-4-6-9-12;1-2-6-12-10-14-8-4-3-7-13(14)9-11(12)5-1/h4-11H,1-3H3,(H,19,20);1-10H. The van der Waals surface area contributed by atoms with Crippen molar-refractivity contribution in [1.82, 2.24) is 9.97 Å². The lowest BCUT2D eigenvalue weighted by Crippen LogP contribution is -2.24. The number of fused-ring (bicyclic) bond motifs is 3. The third-order valence-electron chi connectivity index (χ3n) is 5.79. The molecule has 0 aliphatic carbocycles. The number of aromatic nitrogens is 2. The number of rotatable bonds is 2. The van der Waals surface area contributed by atoms with Crippen molar-refractivity contribution >= 4 is 38.5 Å². The maximum atomic E-state index is 12.3. The van der Waals surface area contributed by atoms with E-state index in [0.29, 0.717) is 11.1 Å².